The Hall–Kier alpha value is -2.20. The molecule has 0 saturated heterocycles. The summed E-state index contributed by atoms with van der Waals surface area (Å²) in [6, 6.07) is 9.84. The number of hydrogen-bond acceptors (Lipinski definition) is 3. The molecule has 2 N–H and O–H groups in total. The van der Waals surface area contributed by atoms with E-state index < -0.39 is 0 Å². The van der Waals surface area contributed by atoms with Crippen LogP contribution < -0.4 is 14.8 Å². The van der Waals surface area contributed by atoms with Crippen molar-refractivity contribution in [3.05, 3.63) is 60.6 Å². The van der Waals surface area contributed by atoms with Crippen LogP contribution in [0.1, 0.15) is 11.3 Å². The van der Waals surface area contributed by atoms with Crippen molar-refractivity contribution in [2.45, 2.75) is 13.1 Å². The average molecular weight is 274 g/mol. The third-order valence-corrected chi connectivity index (χ3v) is 2.89. The Morgan fingerprint density at radius 2 is 2.15 bits per heavy atom. The summed E-state index contributed by atoms with van der Waals surface area (Å²) in [6.45, 7) is 5.79. The van der Waals surface area contributed by atoms with E-state index in [2.05, 4.69) is 11.9 Å². The molecule has 4 nitrogen and oxygen atoms in total. The van der Waals surface area contributed by atoms with Crippen LogP contribution >= 0.6 is 0 Å². The molecule has 0 spiro atoms. The normalized spacial score (nSPS) is 10.2. The minimum atomic E-state index is 0.473. The van der Waals surface area contributed by atoms with Crippen LogP contribution in [0.15, 0.2) is 53.7 Å². The number of quaternary nitrogens is 1. The molecule has 20 heavy (non-hydrogen) atoms. The molecular weight excluding hydrogens is 254 g/mol. The minimum absolute atomic E-state index is 0.473. The Labute approximate surface area is 119 Å². The number of benzene rings is 1. The van der Waals surface area contributed by atoms with Gasteiger partial charge in [-0.25, -0.2) is 0 Å². The van der Waals surface area contributed by atoms with Gasteiger partial charge in [-0.1, -0.05) is 12.7 Å². The Bertz CT molecular complexity index is 535. The van der Waals surface area contributed by atoms with Crippen molar-refractivity contribution in [2.75, 3.05) is 13.7 Å². The van der Waals surface area contributed by atoms with Gasteiger partial charge in [0.05, 0.1) is 13.4 Å². The Morgan fingerprint density at radius 3 is 2.85 bits per heavy atom. The average Bonchev–Trinajstić information content (AvgIpc) is 2.99. The van der Waals surface area contributed by atoms with Gasteiger partial charge in [0.1, 0.15) is 19.7 Å². The van der Waals surface area contributed by atoms with Crippen LogP contribution in [0.2, 0.25) is 0 Å². The van der Waals surface area contributed by atoms with Gasteiger partial charge in [0, 0.05) is 5.56 Å². The van der Waals surface area contributed by atoms with Crippen molar-refractivity contribution >= 4 is 0 Å². The number of rotatable bonds is 8. The Balaban J connectivity index is 1.92. The summed E-state index contributed by atoms with van der Waals surface area (Å²) < 4.78 is 16.2. The molecule has 1 heterocycles. The van der Waals surface area contributed by atoms with Crippen molar-refractivity contribution in [3.8, 4) is 11.5 Å². The second-order valence-corrected chi connectivity index (χ2v) is 4.36. The number of nitrogens with two attached hydrogens (primary N) is 1. The summed E-state index contributed by atoms with van der Waals surface area (Å²) in [7, 11) is 1.65. The van der Waals surface area contributed by atoms with E-state index in [4.69, 9.17) is 13.9 Å². The van der Waals surface area contributed by atoms with Crippen LogP contribution in [0.4, 0.5) is 0 Å². The SMILES string of the molecule is C=CCOc1ccc(C[NH2+]Cc2ccco2)cc1OC. The molecule has 0 bridgehead atoms. The topological polar surface area (TPSA) is 48.2 Å². The van der Waals surface area contributed by atoms with E-state index in [0.717, 1.165) is 30.3 Å². The predicted molar refractivity (Wildman–Crippen MR) is 76.7 cm³/mol. The van der Waals surface area contributed by atoms with E-state index in [0.29, 0.717) is 6.61 Å². The third kappa shape index (κ3) is 3.90. The van der Waals surface area contributed by atoms with Crippen LogP contribution in [0, 0.1) is 0 Å². The van der Waals surface area contributed by atoms with Gasteiger partial charge in [0.15, 0.2) is 17.3 Å². The molecule has 0 aliphatic rings. The zero-order valence-electron chi connectivity index (χ0n) is 11.7. The van der Waals surface area contributed by atoms with Crippen molar-refractivity contribution in [1.29, 1.82) is 0 Å². The van der Waals surface area contributed by atoms with Gasteiger partial charge in [-0.15, -0.1) is 0 Å². The lowest BCUT2D eigenvalue weighted by molar-refractivity contribution is -0.688. The minimum Gasteiger partial charge on any atom is -0.493 e. The Kier molecular flexibility index (Phi) is 5.26. The number of methoxy groups -OCH3 is 1. The lowest BCUT2D eigenvalue weighted by Gasteiger charge is -2.10. The van der Waals surface area contributed by atoms with Crippen LogP contribution in [0.25, 0.3) is 0 Å². The lowest BCUT2D eigenvalue weighted by atomic mass is 10.2. The zero-order chi connectivity index (χ0) is 14.2. The van der Waals surface area contributed by atoms with Crippen molar-refractivity contribution in [1.82, 2.24) is 0 Å². The third-order valence-electron chi connectivity index (χ3n) is 2.89. The van der Waals surface area contributed by atoms with Crippen LogP contribution in [0.5, 0.6) is 11.5 Å². The van der Waals surface area contributed by atoms with E-state index >= 15 is 0 Å². The van der Waals surface area contributed by atoms with E-state index in [9.17, 15) is 0 Å². The number of hydrogen-bond donors (Lipinski definition) is 1. The highest BCUT2D eigenvalue weighted by molar-refractivity contribution is 5.42. The lowest BCUT2D eigenvalue weighted by Crippen LogP contribution is -2.80. The van der Waals surface area contributed by atoms with E-state index in [1.807, 2.05) is 30.3 Å². The van der Waals surface area contributed by atoms with Crippen molar-refractivity contribution < 1.29 is 19.2 Å². The molecule has 0 radical (unpaired) electrons. The van der Waals surface area contributed by atoms with Gasteiger partial charge < -0.3 is 19.2 Å². The first-order valence-corrected chi connectivity index (χ1v) is 6.58. The maximum atomic E-state index is 5.53. The maximum Gasteiger partial charge on any atom is 0.161 e. The van der Waals surface area contributed by atoms with Crippen LogP contribution in [0.3, 0.4) is 0 Å². The largest absolute Gasteiger partial charge is 0.493 e. The summed E-state index contributed by atoms with van der Waals surface area (Å²) in [6.07, 6.45) is 3.41. The van der Waals surface area contributed by atoms with Gasteiger partial charge in [-0.3, -0.25) is 0 Å². The van der Waals surface area contributed by atoms with Gasteiger partial charge in [0.25, 0.3) is 0 Å². The molecule has 0 aliphatic heterocycles. The monoisotopic (exact) mass is 274 g/mol. The molecule has 0 amide bonds. The summed E-state index contributed by atoms with van der Waals surface area (Å²) in [5, 5.41) is 2.18. The second-order valence-electron chi connectivity index (χ2n) is 4.36. The number of ether oxygens (including phenoxy) is 2. The summed E-state index contributed by atoms with van der Waals surface area (Å²) in [4.78, 5) is 0. The van der Waals surface area contributed by atoms with Crippen LogP contribution in [-0.2, 0) is 13.1 Å². The first kappa shape index (κ1) is 14.2. The van der Waals surface area contributed by atoms with Crippen molar-refractivity contribution in [2.24, 2.45) is 0 Å². The van der Waals surface area contributed by atoms with E-state index in [-0.39, 0.29) is 0 Å². The van der Waals surface area contributed by atoms with E-state index in [1.165, 1.54) is 5.56 Å². The second kappa shape index (κ2) is 7.40. The molecule has 0 unspecified atom stereocenters. The zero-order valence-corrected chi connectivity index (χ0v) is 11.7. The van der Waals surface area contributed by atoms with Crippen molar-refractivity contribution in [3.63, 3.8) is 0 Å². The molecule has 1 aromatic carbocycles. The molecular formula is C16H20NO3+. The van der Waals surface area contributed by atoms with Gasteiger partial charge in [-0.2, -0.15) is 0 Å². The highest BCUT2D eigenvalue weighted by Crippen LogP contribution is 2.27. The molecule has 4 heteroatoms. The van der Waals surface area contributed by atoms with Gasteiger partial charge in [-0.05, 0) is 30.3 Å². The first-order valence-electron chi connectivity index (χ1n) is 6.58. The first-order chi connectivity index (χ1) is 9.83. The molecule has 0 saturated carbocycles. The smallest absolute Gasteiger partial charge is 0.161 e. The maximum absolute atomic E-state index is 5.53. The standard InChI is InChI=1S/C16H19NO3/c1-3-8-20-15-7-6-13(10-16(15)18-2)11-17-12-14-5-4-9-19-14/h3-7,9-10,17H,1,8,11-12H2,2H3/p+1. The van der Waals surface area contributed by atoms with Crippen LogP contribution in [-0.4, -0.2) is 13.7 Å². The summed E-state index contributed by atoms with van der Waals surface area (Å²) in [5.74, 6) is 2.46. The van der Waals surface area contributed by atoms with Gasteiger partial charge in [0.2, 0.25) is 0 Å². The quantitative estimate of drug-likeness (QED) is 0.750. The molecule has 0 aliphatic carbocycles. The fraction of sp³-hybridized carbons (Fsp3) is 0.250. The fourth-order valence-corrected chi connectivity index (χ4v) is 1.92. The summed E-state index contributed by atoms with van der Waals surface area (Å²) in [5.41, 5.74) is 1.18. The molecule has 1 aromatic heterocycles. The fourth-order valence-electron chi connectivity index (χ4n) is 1.92. The Morgan fingerprint density at radius 1 is 1.25 bits per heavy atom. The molecule has 106 valence electrons. The van der Waals surface area contributed by atoms with E-state index in [1.54, 1.807) is 19.4 Å². The molecule has 2 rings (SSSR count). The van der Waals surface area contributed by atoms with Gasteiger partial charge >= 0.3 is 0 Å². The highest BCUT2D eigenvalue weighted by Gasteiger charge is 2.07. The predicted octanol–water partition coefficient (Wildman–Crippen LogP) is 2.12. The highest BCUT2D eigenvalue weighted by atomic mass is 16.5. The summed E-state index contributed by atoms with van der Waals surface area (Å²) >= 11 is 0. The molecule has 0 fully saturated rings. The molecule has 0 atom stereocenters. The molecule has 2 aromatic rings. The number of furan rings is 1.